The second-order valence-corrected chi connectivity index (χ2v) is 7.81. The van der Waals surface area contributed by atoms with Gasteiger partial charge in [-0.3, -0.25) is 14.5 Å². The number of Topliss-reactive ketones (excluding diaryl/α,β-unsaturated/α-hetero) is 1. The van der Waals surface area contributed by atoms with Crippen LogP contribution in [0.4, 0.5) is 0 Å². The average molecular weight is 401 g/mol. The molecule has 8 nitrogen and oxygen atoms in total. The first-order chi connectivity index (χ1) is 14.7. The molecule has 1 fully saturated rings. The number of pyridine rings is 1. The van der Waals surface area contributed by atoms with Gasteiger partial charge in [-0.25, -0.2) is 4.68 Å². The molecular formula is C22H23N7O. The molecule has 0 saturated carbocycles. The summed E-state index contributed by atoms with van der Waals surface area (Å²) in [5, 5.41) is 18.0. The molecule has 152 valence electrons. The molecule has 0 spiro atoms. The number of aryl methyl sites for hydroxylation is 1. The predicted molar refractivity (Wildman–Crippen MR) is 113 cm³/mol. The third-order valence-electron chi connectivity index (χ3n) is 5.64. The molecule has 30 heavy (non-hydrogen) atoms. The fourth-order valence-electron chi connectivity index (χ4n) is 3.94. The quantitative estimate of drug-likeness (QED) is 0.517. The number of hydrogen-bond acceptors (Lipinski definition) is 6. The molecule has 1 aromatic carbocycles. The Labute approximate surface area is 173 Å². The van der Waals surface area contributed by atoms with E-state index in [0.29, 0.717) is 11.7 Å². The first-order valence-corrected chi connectivity index (χ1v) is 10.2. The number of hydrogen-bond donors (Lipinski definition) is 1. The number of nitrogens with zero attached hydrogens (tertiary/aromatic N) is 6. The van der Waals surface area contributed by atoms with Crippen molar-refractivity contribution >= 4 is 16.6 Å². The zero-order valence-electron chi connectivity index (χ0n) is 16.8. The minimum Gasteiger partial charge on any atom is -0.317 e. The van der Waals surface area contributed by atoms with Crippen LogP contribution >= 0.6 is 0 Å². The van der Waals surface area contributed by atoms with Crippen LogP contribution in [0.2, 0.25) is 0 Å². The molecule has 0 unspecified atom stereocenters. The van der Waals surface area contributed by atoms with Crippen molar-refractivity contribution in [1.29, 1.82) is 0 Å². The van der Waals surface area contributed by atoms with E-state index >= 15 is 0 Å². The molecule has 1 aliphatic heterocycles. The van der Waals surface area contributed by atoms with E-state index in [4.69, 9.17) is 0 Å². The van der Waals surface area contributed by atoms with Crippen LogP contribution in [-0.2, 0) is 13.5 Å². The highest BCUT2D eigenvalue weighted by Gasteiger charge is 2.19. The topological polar surface area (TPSA) is 90.5 Å². The highest BCUT2D eigenvalue weighted by molar-refractivity contribution is 5.96. The molecule has 8 heteroatoms. The van der Waals surface area contributed by atoms with Gasteiger partial charge in [-0.05, 0) is 49.0 Å². The highest BCUT2D eigenvalue weighted by Crippen LogP contribution is 2.24. The summed E-state index contributed by atoms with van der Waals surface area (Å²) in [5.41, 5.74) is 3.28. The van der Waals surface area contributed by atoms with Gasteiger partial charge in [0.05, 0.1) is 24.9 Å². The molecule has 0 atom stereocenters. The normalized spacial score (nSPS) is 15.0. The lowest BCUT2D eigenvalue weighted by molar-refractivity contribution is 0.0987. The molecule has 4 aromatic rings. The maximum atomic E-state index is 12.8. The molecule has 0 amide bonds. The third kappa shape index (κ3) is 3.73. The Kier molecular flexibility index (Phi) is 4.84. The van der Waals surface area contributed by atoms with E-state index in [1.807, 2.05) is 42.5 Å². The van der Waals surface area contributed by atoms with E-state index in [9.17, 15) is 4.79 Å². The summed E-state index contributed by atoms with van der Waals surface area (Å²) in [5.74, 6) is -0.0644. The average Bonchev–Trinajstić information content (AvgIpc) is 3.43. The van der Waals surface area contributed by atoms with Crippen molar-refractivity contribution in [3.05, 3.63) is 60.4 Å². The van der Waals surface area contributed by atoms with Gasteiger partial charge in [0.15, 0.2) is 5.78 Å². The van der Waals surface area contributed by atoms with Gasteiger partial charge in [0, 0.05) is 36.1 Å². The van der Waals surface area contributed by atoms with Crippen LogP contribution in [-0.4, -0.2) is 48.6 Å². The van der Waals surface area contributed by atoms with Gasteiger partial charge < -0.3 is 5.32 Å². The van der Waals surface area contributed by atoms with Crippen molar-refractivity contribution in [1.82, 2.24) is 35.1 Å². The Morgan fingerprint density at radius 1 is 1.10 bits per heavy atom. The molecule has 0 radical (unpaired) electrons. The number of piperidine rings is 1. The number of benzene rings is 1. The Hall–Kier alpha value is -3.39. The number of rotatable bonds is 5. The third-order valence-corrected chi connectivity index (χ3v) is 5.64. The minimum atomic E-state index is -0.0644. The van der Waals surface area contributed by atoms with Crippen molar-refractivity contribution in [3.8, 4) is 11.1 Å². The van der Waals surface area contributed by atoms with E-state index < -0.39 is 0 Å². The fourth-order valence-corrected chi connectivity index (χ4v) is 3.94. The Morgan fingerprint density at radius 3 is 2.77 bits per heavy atom. The summed E-state index contributed by atoms with van der Waals surface area (Å²) in [6.07, 6.45) is 9.64. The van der Waals surface area contributed by atoms with Crippen molar-refractivity contribution in [3.63, 3.8) is 0 Å². The lowest BCUT2D eigenvalue weighted by Crippen LogP contribution is -2.29. The molecule has 0 aliphatic carbocycles. The van der Waals surface area contributed by atoms with Gasteiger partial charge in [0.1, 0.15) is 5.69 Å². The van der Waals surface area contributed by atoms with Gasteiger partial charge in [-0.15, -0.1) is 5.10 Å². The lowest BCUT2D eigenvalue weighted by atomic mass is 10.0. The zero-order valence-corrected chi connectivity index (χ0v) is 16.8. The first-order valence-electron chi connectivity index (χ1n) is 10.2. The van der Waals surface area contributed by atoms with Crippen LogP contribution in [0.3, 0.4) is 0 Å². The standard InChI is InChI=1S/C22H23N7O/c1-28-13-18(12-25-28)15-2-3-16-11-24-19(9-17(16)8-15)10-22(30)21-14-29(27-26-21)20-4-6-23-7-5-20/h2-3,8-9,11-14,20,23H,4-7,10H2,1H3. The SMILES string of the molecule is Cn1cc(-c2ccc3cnc(CC(=O)c4cn(C5CCNCC5)nn4)cc3c2)cn1. The van der Waals surface area contributed by atoms with E-state index in [0.717, 1.165) is 53.5 Å². The summed E-state index contributed by atoms with van der Waals surface area (Å²) in [6, 6.07) is 8.50. The van der Waals surface area contributed by atoms with Crippen molar-refractivity contribution in [2.24, 2.45) is 7.05 Å². The molecule has 0 bridgehead atoms. The van der Waals surface area contributed by atoms with Crippen LogP contribution < -0.4 is 5.32 Å². The molecule has 5 rings (SSSR count). The number of carbonyl (C=O) groups is 1. The van der Waals surface area contributed by atoms with Gasteiger partial charge in [-0.1, -0.05) is 17.3 Å². The van der Waals surface area contributed by atoms with Crippen LogP contribution in [0.5, 0.6) is 0 Å². The summed E-state index contributed by atoms with van der Waals surface area (Å²) in [4.78, 5) is 17.2. The molecule has 4 heterocycles. The molecular weight excluding hydrogens is 378 g/mol. The zero-order chi connectivity index (χ0) is 20.5. The number of ketones is 1. The van der Waals surface area contributed by atoms with E-state index in [1.54, 1.807) is 10.9 Å². The van der Waals surface area contributed by atoms with Gasteiger partial charge >= 0.3 is 0 Å². The number of carbonyl (C=O) groups excluding carboxylic acids is 1. The largest absolute Gasteiger partial charge is 0.317 e. The van der Waals surface area contributed by atoms with Crippen LogP contribution in [0.1, 0.15) is 35.1 Å². The smallest absolute Gasteiger partial charge is 0.190 e. The second-order valence-electron chi connectivity index (χ2n) is 7.81. The Balaban J connectivity index is 1.35. The van der Waals surface area contributed by atoms with E-state index in [-0.39, 0.29) is 12.2 Å². The monoisotopic (exact) mass is 401 g/mol. The molecule has 1 N–H and O–H groups in total. The minimum absolute atomic E-state index is 0.0644. The first kappa shape index (κ1) is 18.6. The maximum Gasteiger partial charge on any atom is 0.190 e. The van der Waals surface area contributed by atoms with Gasteiger partial charge in [0.25, 0.3) is 0 Å². The highest BCUT2D eigenvalue weighted by atomic mass is 16.1. The summed E-state index contributed by atoms with van der Waals surface area (Å²) in [7, 11) is 1.90. The van der Waals surface area contributed by atoms with Crippen molar-refractivity contribution in [2.45, 2.75) is 25.3 Å². The summed E-state index contributed by atoms with van der Waals surface area (Å²) in [6.45, 7) is 1.94. The van der Waals surface area contributed by atoms with Crippen molar-refractivity contribution in [2.75, 3.05) is 13.1 Å². The van der Waals surface area contributed by atoms with E-state index in [2.05, 4.69) is 37.8 Å². The molecule has 1 aliphatic rings. The number of nitrogens with one attached hydrogen (secondary N) is 1. The number of aromatic nitrogens is 6. The number of fused-ring (bicyclic) bond motifs is 1. The molecule has 1 saturated heterocycles. The fraction of sp³-hybridized carbons (Fsp3) is 0.318. The van der Waals surface area contributed by atoms with Gasteiger partial charge in [-0.2, -0.15) is 5.10 Å². The van der Waals surface area contributed by atoms with Crippen LogP contribution in [0.15, 0.2) is 49.1 Å². The maximum absolute atomic E-state index is 12.8. The summed E-state index contributed by atoms with van der Waals surface area (Å²) < 4.78 is 3.62. The Morgan fingerprint density at radius 2 is 1.97 bits per heavy atom. The predicted octanol–water partition coefficient (Wildman–Crippen LogP) is 2.58. The van der Waals surface area contributed by atoms with Crippen LogP contribution in [0.25, 0.3) is 21.9 Å². The van der Waals surface area contributed by atoms with Crippen LogP contribution in [0, 0.1) is 0 Å². The second kappa shape index (κ2) is 7.79. The lowest BCUT2D eigenvalue weighted by Gasteiger charge is -2.22. The Bertz CT molecular complexity index is 1200. The molecule has 3 aromatic heterocycles. The van der Waals surface area contributed by atoms with Crippen molar-refractivity contribution < 1.29 is 4.79 Å². The van der Waals surface area contributed by atoms with E-state index in [1.165, 1.54) is 0 Å². The van der Waals surface area contributed by atoms with Gasteiger partial charge in [0.2, 0.25) is 0 Å². The summed E-state index contributed by atoms with van der Waals surface area (Å²) >= 11 is 0.